The molecule has 182 valence electrons. The van der Waals surface area contributed by atoms with Crippen molar-refractivity contribution in [3.05, 3.63) is 0 Å². The maximum absolute atomic E-state index is 12.5. The Morgan fingerprint density at radius 3 is 2.45 bits per heavy atom. The van der Waals surface area contributed by atoms with Crippen molar-refractivity contribution < 1.29 is 24.5 Å². The Hall–Kier alpha value is -0.730. The molecule has 2 saturated heterocycles. The Bertz CT molecular complexity index is 534. The highest BCUT2D eigenvalue weighted by Gasteiger charge is 2.42. The largest absolute Gasteiger partial charge is 0.389 e. The first kappa shape index (κ1) is 26.5. The molecule has 2 aliphatic rings. The molecule has 0 aliphatic carbocycles. The number of nitrogens with one attached hydrogen (secondary N) is 1. The second-order valence-electron chi connectivity index (χ2n) is 9.76. The van der Waals surface area contributed by atoms with E-state index < -0.39 is 30.6 Å². The molecule has 1 amide bonds. The van der Waals surface area contributed by atoms with Crippen molar-refractivity contribution in [3.63, 3.8) is 0 Å². The Morgan fingerprint density at radius 1 is 1.03 bits per heavy atom. The van der Waals surface area contributed by atoms with Crippen LogP contribution in [0.5, 0.6) is 0 Å². The fraction of sp³-hybridized carbons (Fsp3) is 0.958. The number of hydrogen-bond donors (Lipinski definition) is 4. The highest BCUT2D eigenvalue weighted by atomic mass is 16.7. The van der Waals surface area contributed by atoms with Gasteiger partial charge in [-0.15, -0.1) is 0 Å². The predicted octanol–water partition coefficient (Wildman–Crippen LogP) is 2.71. The van der Waals surface area contributed by atoms with Crippen LogP contribution in [0.15, 0.2) is 0 Å². The van der Waals surface area contributed by atoms with E-state index in [0.29, 0.717) is 18.4 Å². The molecule has 2 aliphatic heterocycles. The van der Waals surface area contributed by atoms with Crippen molar-refractivity contribution >= 4 is 5.91 Å². The molecule has 31 heavy (non-hydrogen) atoms. The average molecular weight is 443 g/mol. The lowest BCUT2D eigenvalue weighted by atomic mass is 9.86. The molecular formula is C24H46N2O5. The Morgan fingerprint density at radius 2 is 1.77 bits per heavy atom. The van der Waals surface area contributed by atoms with E-state index in [2.05, 4.69) is 26.1 Å². The summed E-state index contributed by atoms with van der Waals surface area (Å²) in [5, 5.41) is 23.8. The van der Waals surface area contributed by atoms with Crippen LogP contribution in [0.1, 0.15) is 85.5 Å². The van der Waals surface area contributed by atoms with E-state index >= 15 is 0 Å². The van der Waals surface area contributed by atoms with Gasteiger partial charge in [0.2, 0.25) is 5.91 Å². The summed E-state index contributed by atoms with van der Waals surface area (Å²) in [5.41, 5.74) is 6.00. The molecular weight excluding hydrogens is 396 g/mol. The van der Waals surface area contributed by atoms with Crippen LogP contribution in [-0.2, 0) is 14.3 Å². The quantitative estimate of drug-likeness (QED) is 0.532. The van der Waals surface area contributed by atoms with E-state index in [1.807, 2.05) is 0 Å². The zero-order valence-electron chi connectivity index (χ0n) is 20.0. The van der Waals surface area contributed by atoms with Gasteiger partial charge < -0.3 is 30.7 Å². The molecule has 7 nitrogen and oxygen atoms in total. The van der Waals surface area contributed by atoms with Gasteiger partial charge in [0.05, 0.1) is 24.4 Å². The normalized spacial score (nSPS) is 41.9. The third-order valence-electron chi connectivity index (χ3n) is 7.36. The Kier molecular flexibility index (Phi) is 11.2. The highest BCUT2D eigenvalue weighted by molar-refractivity contribution is 5.78. The second kappa shape index (κ2) is 13.1. The smallest absolute Gasteiger partial charge is 0.223 e. The van der Waals surface area contributed by atoms with Crippen LogP contribution in [0.25, 0.3) is 0 Å². The van der Waals surface area contributed by atoms with Crippen molar-refractivity contribution in [1.82, 2.24) is 5.32 Å². The van der Waals surface area contributed by atoms with E-state index in [-0.39, 0.29) is 17.9 Å². The maximum Gasteiger partial charge on any atom is 0.223 e. The fourth-order valence-corrected chi connectivity index (χ4v) is 4.97. The summed E-state index contributed by atoms with van der Waals surface area (Å²) in [6, 6.07) is -0.784. The summed E-state index contributed by atoms with van der Waals surface area (Å²) >= 11 is 0. The molecule has 0 aromatic heterocycles. The van der Waals surface area contributed by atoms with Crippen molar-refractivity contribution in [3.8, 4) is 0 Å². The standard InChI is InChI=1S/C24H46N2O5/c1-5-17-11-8-14-26-23(29)18(6-2)10-7-9-15(3)12-13-19(17)31-24-22(28)20(25)21(27)16(4)30-24/h15-22,24,27-28H,5-14,25H2,1-4H3,(H,26,29)/t15-,16?,17+,18+,19+,20?,21?,22?,24?/m0/s1. The van der Waals surface area contributed by atoms with E-state index in [1.165, 1.54) is 0 Å². The number of aliphatic hydroxyl groups excluding tert-OH is 2. The summed E-state index contributed by atoms with van der Waals surface area (Å²) in [6.07, 6.45) is 5.43. The van der Waals surface area contributed by atoms with Crippen molar-refractivity contribution in [2.45, 2.75) is 122 Å². The SMILES string of the molecule is CC[C@@H]1CCC[C@H](C)CC[C@@H](OC2OC(C)C(O)C(N)C2O)[C@H](CC)CCCNC1=O. The lowest BCUT2D eigenvalue weighted by Crippen LogP contribution is -2.61. The van der Waals surface area contributed by atoms with Crippen molar-refractivity contribution in [2.75, 3.05) is 6.54 Å². The molecule has 0 aromatic rings. The molecule has 2 fully saturated rings. The molecule has 5 unspecified atom stereocenters. The number of hydrogen-bond acceptors (Lipinski definition) is 6. The van der Waals surface area contributed by atoms with Crippen molar-refractivity contribution in [1.29, 1.82) is 0 Å². The molecule has 0 radical (unpaired) electrons. The first-order valence-corrected chi connectivity index (χ1v) is 12.5. The van der Waals surface area contributed by atoms with Gasteiger partial charge in [0, 0.05) is 12.5 Å². The van der Waals surface area contributed by atoms with Gasteiger partial charge in [-0.3, -0.25) is 4.79 Å². The molecule has 2 heterocycles. The van der Waals surface area contributed by atoms with Gasteiger partial charge >= 0.3 is 0 Å². The summed E-state index contributed by atoms with van der Waals surface area (Å²) in [7, 11) is 0. The molecule has 7 heteroatoms. The van der Waals surface area contributed by atoms with Gasteiger partial charge in [-0.2, -0.15) is 0 Å². The third-order valence-corrected chi connectivity index (χ3v) is 7.36. The molecule has 2 rings (SSSR count). The number of rotatable bonds is 4. The Labute approximate surface area is 188 Å². The zero-order chi connectivity index (χ0) is 23.0. The van der Waals surface area contributed by atoms with Crippen LogP contribution in [0, 0.1) is 17.8 Å². The molecule has 0 spiro atoms. The van der Waals surface area contributed by atoms with Gasteiger partial charge in [0.25, 0.3) is 0 Å². The van der Waals surface area contributed by atoms with Crippen LogP contribution in [0.4, 0.5) is 0 Å². The first-order valence-electron chi connectivity index (χ1n) is 12.5. The summed E-state index contributed by atoms with van der Waals surface area (Å²) in [6.45, 7) is 8.97. The van der Waals surface area contributed by atoms with Crippen LogP contribution >= 0.6 is 0 Å². The predicted molar refractivity (Wildman–Crippen MR) is 121 cm³/mol. The van der Waals surface area contributed by atoms with E-state index in [9.17, 15) is 15.0 Å². The second-order valence-corrected chi connectivity index (χ2v) is 9.76. The minimum absolute atomic E-state index is 0.0521. The van der Waals surface area contributed by atoms with E-state index in [4.69, 9.17) is 15.2 Å². The maximum atomic E-state index is 12.5. The van der Waals surface area contributed by atoms with E-state index in [0.717, 1.165) is 57.8 Å². The third kappa shape index (κ3) is 7.67. The number of nitrogens with two attached hydrogens (primary N) is 1. The lowest BCUT2D eigenvalue weighted by molar-refractivity contribution is -0.286. The summed E-state index contributed by atoms with van der Waals surface area (Å²) in [4.78, 5) is 12.5. The number of aliphatic hydroxyl groups is 2. The minimum atomic E-state index is -1.06. The van der Waals surface area contributed by atoms with Crippen molar-refractivity contribution in [2.24, 2.45) is 23.5 Å². The molecule has 0 bridgehead atoms. The summed E-state index contributed by atoms with van der Waals surface area (Å²) in [5.74, 6) is 1.17. The first-order chi connectivity index (χ1) is 14.8. The highest BCUT2D eigenvalue weighted by Crippen LogP contribution is 2.30. The van der Waals surface area contributed by atoms with E-state index in [1.54, 1.807) is 6.92 Å². The molecule has 0 saturated carbocycles. The number of amides is 1. The summed E-state index contributed by atoms with van der Waals surface area (Å²) < 4.78 is 12.1. The van der Waals surface area contributed by atoms with Gasteiger partial charge in [0.1, 0.15) is 6.10 Å². The zero-order valence-corrected chi connectivity index (χ0v) is 20.0. The molecule has 5 N–H and O–H groups in total. The van der Waals surface area contributed by atoms with Crippen LogP contribution in [0.3, 0.4) is 0 Å². The topological polar surface area (TPSA) is 114 Å². The van der Waals surface area contributed by atoms with Crippen LogP contribution in [0.2, 0.25) is 0 Å². The number of carbonyl (C=O) groups is 1. The number of carbonyl (C=O) groups excluding carboxylic acids is 1. The Balaban J connectivity index is 2.07. The average Bonchev–Trinajstić information content (AvgIpc) is 2.75. The minimum Gasteiger partial charge on any atom is -0.389 e. The monoisotopic (exact) mass is 442 g/mol. The fourth-order valence-electron chi connectivity index (χ4n) is 4.97. The lowest BCUT2D eigenvalue weighted by Gasteiger charge is -2.42. The van der Waals surface area contributed by atoms with Gasteiger partial charge in [-0.1, -0.05) is 40.0 Å². The molecule has 0 aromatic carbocycles. The van der Waals surface area contributed by atoms with Gasteiger partial charge in [-0.05, 0) is 57.3 Å². The van der Waals surface area contributed by atoms with Crippen LogP contribution < -0.4 is 11.1 Å². The van der Waals surface area contributed by atoms with Crippen LogP contribution in [-0.4, -0.2) is 59.4 Å². The molecule has 9 atom stereocenters. The number of ether oxygens (including phenoxy) is 2. The van der Waals surface area contributed by atoms with Gasteiger partial charge in [0.15, 0.2) is 6.29 Å². The van der Waals surface area contributed by atoms with Gasteiger partial charge in [-0.25, -0.2) is 0 Å².